The lowest BCUT2D eigenvalue weighted by Crippen LogP contribution is -2.35. The van der Waals surface area contributed by atoms with Crippen molar-refractivity contribution in [2.45, 2.75) is 38.1 Å². The van der Waals surface area contributed by atoms with E-state index in [1.54, 1.807) is 0 Å². The Morgan fingerprint density at radius 3 is 3.00 bits per heavy atom. The zero-order chi connectivity index (χ0) is 14.1. The maximum atomic E-state index is 12.2. The van der Waals surface area contributed by atoms with Crippen molar-refractivity contribution in [3.63, 3.8) is 0 Å². The zero-order valence-corrected chi connectivity index (χ0v) is 13.0. The normalized spacial score (nSPS) is 26.5. The summed E-state index contributed by atoms with van der Waals surface area (Å²) in [5.41, 5.74) is 3.76. The largest absolute Gasteiger partial charge is 0.321 e. The number of hydrogen-bond acceptors (Lipinski definition) is 3. The monoisotopic (exact) mass is 290 g/mol. The zero-order valence-electron chi connectivity index (χ0n) is 12.2. The highest BCUT2D eigenvalue weighted by molar-refractivity contribution is 8.00. The standard InChI is InChI=1S/C16H22N2OS/c1-11-5-6-12(2)14(8-11)16-17-9-15(19)18(16)10-13-4-3-7-20-13/h5-6,8,13,16-17H,3-4,7,9-10H2,1-2H3. The summed E-state index contributed by atoms with van der Waals surface area (Å²) < 4.78 is 0. The SMILES string of the molecule is Cc1ccc(C)c(C2NCC(=O)N2CC2CCCS2)c1. The molecule has 0 aliphatic carbocycles. The molecule has 2 saturated heterocycles. The Labute approximate surface area is 125 Å². The fourth-order valence-corrected chi connectivity index (χ4v) is 4.35. The van der Waals surface area contributed by atoms with Crippen LogP contribution in [0.1, 0.15) is 35.7 Å². The molecular formula is C16H22N2OS. The van der Waals surface area contributed by atoms with Crippen LogP contribution < -0.4 is 5.32 Å². The molecular weight excluding hydrogens is 268 g/mol. The summed E-state index contributed by atoms with van der Waals surface area (Å²) in [5.74, 6) is 1.48. The van der Waals surface area contributed by atoms with E-state index in [1.807, 2.05) is 16.7 Å². The van der Waals surface area contributed by atoms with Gasteiger partial charge in [0.2, 0.25) is 5.91 Å². The smallest absolute Gasteiger partial charge is 0.238 e. The van der Waals surface area contributed by atoms with Crippen LogP contribution in [0.2, 0.25) is 0 Å². The van der Waals surface area contributed by atoms with Crippen LogP contribution in [0.25, 0.3) is 0 Å². The number of carbonyl (C=O) groups excluding carboxylic acids is 1. The van der Waals surface area contributed by atoms with Gasteiger partial charge in [-0.15, -0.1) is 0 Å². The molecule has 0 radical (unpaired) electrons. The second kappa shape index (κ2) is 5.78. The molecule has 108 valence electrons. The molecule has 3 rings (SSSR count). The predicted octanol–water partition coefficient (Wildman–Crippen LogP) is 2.63. The third-order valence-electron chi connectivity index (χ3n) is 4.23. The third-order valence-corrected chi connectivity index (χ3v) is 5.61. The van der Waals surface area contributed by atoms with Crippen molar-refractivity contribution in [3.05, 3.63) is 34.9 Å². The molecule has 1 amide bonds. The number of aryl methyl sites for hydroxylation is 2. The number of thioether (sulfide) groups is 1. The molecule has 1 aromatic carbocycles. The molecule has 2 aliphatic rings. The van der Waals surface area contributed by atoms with Crippen LogP contribution in [-0.2, 0) is 4.79 Å². The van der Waals surface area contributed by atoms with Crippen molar-refractivity contribution < 1.29 is 4.79 Å². The van der Waals surface area contributed by atoms with Crippen molar-refractivity contribution in [2.75, 3.05) is 18.8 Å². The first-order valence-corrected chi connectivity index (χ1v) is 8.41. The number of nitrogens with zero attached hydrogens (tertiary/aromatic N) is 1. The Morgan fingerprint density at radius 2 is 2.25 bits per heavy atom. The van der Waals surface area contributed by atoms with Gasteiger partial charge >= 0.3 is 0 Å². The molecule has 2 fully saturated rings. The maximum absolute atomic E-state index is 12.2. The minimum Gasteiger partial charge on any atom is -0.321 e. The van der Waals surface area contributed by atoms with E-state index in [2.05, 4.69) is 37.4 Å². The molecule has 4 heteroatoms. The van der Waals surface area contributed by atoms with Gasteiger partial charge in [0.15, 0.2) is 0 Å². The first kappa shape index (κ1) is 14.0. The van der Waals surface area contributed by atoms with Crippen molar-refractivity contribution >= 4 is 17.7 Å². The van der Waals surface area contributed by atoms with Gasteiger partial charge in [0.25, 0.3) is 0 Å². The van der Waals surface area contributed by atoms with Crippen LogP contribution in [-0.4, -0.2) is 34.9 Å². The molecule has 0 bridgehead atoms. The molecule has 2 heterocycles. The maximum Gasteiger partial charge on any atom is 0.238 e. The van der Waals surface area contributed by atoms with Crippen LogP contribution in [0.4, 0.5) is 0 Å². The van der Waals surface area contributed by atoms with E-state index in [4.69, 9.17) is 0 Å². The summed E-state index contributed by atoms with van der Waals surface area (Å²) in [6.45, 7) is 5.59. The quantitative estimate of drug-likeness (QED) is 0.929. The average molecular weight is 290 g/mol. The summed E-state index contributed by atoms with van der Waals surface area (Å²) in [7, 11) is 0. The minimum absolute atomic E-state index is 0.0589. The van der Waals surface area contributed by atoms with Gasteiger partial charge in [0, 0.05) is 11.8 Å². The molecule has 0 spiro atoms. The molecule has 1 aromatic rings. The van der Waals surface area contributed by atoms with Crippen LogP contribution in [0, 0.1) is 13.8 Å². The summed E-state index contributed by atoms with van der Waals surface area (Å²) in [4.78, 5) is 14.2. The van der Waals surface area contributed by atoms with Gasteiger partial charge in [-0.1, -0.05) is 23.8 Å². The molecule has 0 saturated carbocycles. The van der Waals surface area contributed by atoms with E-state index in [-0.39, 0.29) is 12.1 Å². The van der Waals surface area contributed by atoms with Gasteiger partial charge in [-0.3, -0.25) is 10.1 Å². The van der Waals surface area contributed by atoms with Crippen molar-refractivity contribution in [3.8, 4) is 0 Å². The molecule has 3 nitrogen and oxygen atoms in total. The number of amides is 1. The van der Waals surface area contributed by atoms with Crippen molar-refractivity contribution in [1.82, 2.24) is 10.2 Å². The first-order chi connectivity index (χ1) is 9.65. The molecule has 0 aromatic heterocycles. The number of nitrogens with one attached hydrogen (secondary N) is 1. The van der Waals surface area contributed by atoms with E-state index >= 15 is 0 Å². The number of hydrogen-bond donors (Lipinski definition) is 1. The summed E-state index contributed by atoms with van der Waals surface area (Å²) in [6, 6.07) is 6.49. The molecule has 1 N–H and O–H groups in total. The Morgan fingerprint density at radius 1 is 1.40 bits per heavy atom. The highest BCUT2D eigenvalue weighted by Crippen LogP contribution is 2.31. The second-order valence-corrected chi connectivity index (χ2v) is 7.23. The molecule has 20 heavy (non-hydrogen) atoms. The lowest BCUT2D eigenvalue weighted by Gasteiger charge is -2.28. The van der Waals surface area contributed by atoms with E-state index in [1.165, 1.54) is 35.3 Å². The van der Waals surface area contributed by atoms with Gasteiger partial charge in [-0.25, -0.2) is 0 Å². The topological polar surface area (TPSA) is 32.3 Å². The number of rotatable bonds is 3. The molecule has 2 aliphatic heterocycles. The first-order valence-electron chi connectivity index (χ1n) is 7.37. The fraction of sp³-hybridized carbons (Fsp3) is 0.562. The van der Waals surface area contributed by atoms with Gasteiger partial charge in [-0.2, -0.15) is 11.8 Å². The van der Waals surface area contributed by atoms with E-state index in [9.17, 15) is 4.79 Å². The van der Waals surface area contributed by atoms with Crippen LogP contribution in [0.5, 0.6) is 0 Å². The lowest BCUT2D eigenvalue weighted by molar-refractivity contribution is -0.128. The van der Waals surface area contributed by atoms with Gasteiger partial charge in [-0.05, 0) is 43.6 Å². The van der Waals surface area contributed by atoms with Crippen molar-refractivity contribution in [2.24, 2.45) is 0 Å². The summed E-state index contributed by atoms with van der Waals surface area (Å²) in [6.07, 6.45) is 2.59. The Hall–Kier alpha value is -1.00. The van der Waals surface area contributed by atoms with Crippen molar-refractivity contribution in [1.29, 1.82) is 0 Å². The fourth-order valence-electron chi connectivity index (χ4n) is 3.09. The summed E-state index contributed by atoms with van der Waals surface area (Å²) in [5, 5.41) is 4.00. The Balaban J connectivity index is 1.83. The summed E-state index contributed by atoms with van der Waals surface area (Å²) >= 11 is 2.01. The third kappa shape index (κ3) is 2.72. The van der Waals surface area contributed by atoms with Gasteiger partial charge < -0.3 is 4.90 Å². The van der Waals surface area contributed by atoms with Crippen LogP contribution in [0.3, 0.4) is 0 Å². The number of carbonyl (C=O) groups is 1. The average Bonchev–Trinajstić information content (AvgIpc) is 3.05. The van der Waals surface area contributed by atoms with E-state index in [0.29, 0.717) is 11.8 Å². The highest BCUT2D eigenvalue weighted by Gasteiger charge is 2.34. The lowest BCUT2D eigenvalue weighted by atomic mass is 10.0. The van der Waals surface area contributed by atoms with Crippen LogP contribution >= 0.6 is 11.8 Å². The van der Waals surface area contributed by atoms with Gasteiger partial charge in [0.05, 0.1) is 6.54 Å². The molecule has 2 unspecified atom stereocenters. The Kier molecular flexibility index (Phi) is 4.03. The predicted molar refractivity (Wildman–Crippen MR) is 83.9 cm³/mol. The van der Waals surface area contributed by atoms with Crippen LogP contribution in [0.15, 0.2) is 18.2 Å². The Bertz CT molecular complexity index is 511. The molecule has 2 atom stereocenters. The minimum atomic E-state index is 0.0589. The van der Waals surface area contributed by atoms with E-state index < -0.39 is 0 Å². The number of benzene rings is 1. The van der Waals surface area contributed by atoms with Gasteiger partial charge in [0.1, 0.15) is 6.17 Å². The second-order valence-electron chi connectivity index (χ2n) is 5.82. The highest BCUT2D eigenvalue weighted by atomic mass is 32.2. The van der Waals surface area contributed by atoms with E-state index in [0.717, 1.165) is 6.54 Å².